The van der Waals surface area contributed by atoms with E-state index in [1.807, 2.05) is 44.2 Å². The lowest BCUT2D eigenvalue weighted by molar-refractivity contribution is 0.0877. The van der Waals surface area contributed by atoms with E-state index in [4.69, 9.17) is 15.0 Å². The van der Waals surface area contributed by atoms with E-state index in [0.717, 1.165) is 5.56 Å². The molecule has 0 fully saturated rings. The fourth-order valence-corrected chi connectivity index (χ4v) is 1.73. The van der Waals surface area contributed by atoms with Crippen LogP contribution in [0.3, 0.4) is 0 Å². The maximum Gasteiger partial charge on any atom is 0.273 e. The minimum atomic E-state index is -0.471. The monoisotopic (exact) mass is 303 g/mol. The van der Waals surface area contributed by atoms with Gasteiger partial charge < -0.3 is 20.3 Å². The number of hydrogen-bond donors (Lipinski definition) is 2. The smallest absolute Gasteiger partial charge is 0.273 e. The molecule has 22 heavy (non-hydrogen) atoms. The number of nitrogens with one attached hydrogen (secondary N) is 1. The molecule has 2 rings (SSSR count). The van der Waals surface area contributed by atoms with E-state index >= 15 is 0 Å². The largest absolute Gasteiger partial charge is 0.369 e. The van der Waals surface area contributed by atoms with Crippen molar-refractivity contribution in [2.45, 2.75) is 32.6 Å². The second-order valence-electron chi connectivity index (χ2n) is 5.83. The van der Waals surface area contributed by atoms with Gasteiger partial charge in [-0.2, -0.15) is 0 Å². The lowest BCUT2D eigenvalue weighted by atomic mass is 10.1. The van der Waals surface area contributed by atoms with Gasteiger partial charge in [-0.1, -0.05) is 35.5 Å². The first-order valence-electron chi connectivity index (χ1n) is 7.08. The Kier molecular flexibility index (Phi) is 5.30. The van der Waals surface area contributed by atoms with Gasteiger partial charge in [0, 0.05) is 18.2 Å². The van der Waals surface area contributed by atoms with Gasteiger partial charge in [0.05, 0.1) is 6.61 Å². The fourth-order valence-electron chi connectivity index (χ4n) is 1.73. The van der Waals surface area contributed by atoms with Crippen LogP contribution in [0.5, 0.6) is 0 Å². The second kappa shape index (κ2) is 7.20. The number of nitrogens with two attached hydrogens (primary N) is 1. The van der Waals surface area contributed by atoms with Crippen LogP contribution in [0.15, 0.2) is 40.9 Å². The third kappa shape index (κ3) is 5.31. The van der Waals surface area contributed by atoms with Crippen molar-refractivity contribution in [3.63, 3.8) is 0 Å². The highest BCUT2D eigenvalue weighted by atomic mass is 16.5. The average Bonchev–Trinajstić information content (AvgIpc) is 2.94. The summed E-state index contributed by atoms with van der Waals surface area (Å²) in [5.74, 6) is 0.199. The van der Waals surface area contributed by atoms with Crippen LogP contribution in [0.2, 0.25) is 0 Å². The molecule has 1 amide bonds. The molecule has 0 bridgehead atoms. The number of ether oxygens (including phenoxy) is 1. The van der Waals surface area contributed by atoms with E-state index in [1.54, 1.807) is 6.07 Å². The van der Waals surface area contributed by atoms with Gasteiger partial charge >= 0.3 is 0 Å². The van der Waals surface area contributed by atoms with E-state index in [0.29, 0.717) is 18.9 Å². The first-order valence-corrected chi connectivity index (χ1v) is 7.08. The van der Waals surface area contributed by atoms with E-state index in [-0.39, 0.29) is 18.2 Å². The first kappa shape index (κ1) is 16.2. The molecule has 0 aliphatic rings. The molecule has 0 saturated carbocycles. The van der Waals surface area contributed by atoms with Crippen molar-refractivity contribution in [3.8, 4) is 0 Å². The third-order valence-electron chi connectivity index (χ3n) is 2.85. The summed E-state index contributed by atoms with van der Waals surface area (Å²) in [5, 5.41) is 6.44. The quantitative estimate of drug-likeness (QED) is 0.814. The number of amides is 1. The van der Waals surface area contributed by atoms with Gasteiger partial charge in [0.15, 0.2) is 11.5 Å². The Balaban J connectivity index is 1.80. The Morgan fingerprint density at radius 3 is 2.73 bits per heavy atom. The topological polar surface area (TPSA) is 90.4 Å². The van der Waals surface area contributed by atoms with Gasteiger partial charge in [-0.05, 0) is 19.4 Å². The predicted octanol–water partition coefficient (Wildman–Crippen LogP) is 1.86. The summed E-state index contributed by atoms with van der Waals surface area (Å²) in [4.78, 5) is 11.9. The minimum Gasteiger partial charge on any atom is -0.369 e. The average molecular weight is 303 g/mol. The standard InChI is InChI=1S/C16H21N3O3/c1-16(2,17)11-18-15(20)14-8-13(22-19-14)10-21-9-12-6-4-3-5-7-12/h3-8H,9-11,17H2,1-2H3,(H,18,20). The number of carbonyl (C=O) groups is 1. The molecule has 6 heteroatoms. The zero-order valence-electron chi connectivity index (χ0n) is 12.8. The van der Waals surface area contributed by atoms with Gasteiger partial charge in [0.1, 0.15) is 6.61 Å². The van der Waals surface area contributed by atoms with Crippen LogP contribution >= 0.6 is 0 Å². The summed E-state index contributed by atoms with van der Waals surface area (Å²) >= 11 is 0. The van der Waals surface area contributed by atoms with Crippen LogP contribution in [0.25, 0.3) is 0 Å². The van der Waals surface area contributed by atoms with Crippen LogP contribution in [0.1, 0.15) is 35.7 Å². The van der Waals surface area contributed by atoms with E-state index in [2.05, 4.69) is 10.5 Å². The molecule has 0 aliphatic heterocycles. The number of nitrogens with zero attached hydrogens (tertiary/aromatic N) is 1. The van der Waals surface area contributed by atoms with Crippen molar-refractivity contribution in [2.75, 3.05) is 6.54 Å². The van der Waals surface area contributed by atoms with Crippen molar-refractivity contribution >= 4 is 5.91 Å². The third-order valence-corrected chi connectivity index (χ3v) is 2.85. The van der Waals surface area contributed by atoms with Crippen molar-refractivity contribution in [1.29, 1.82) is 0 Å². The Hall–Kier alpha value is -2.18. The van der Waals surface area contributed by atoms with Crippen LogP contribution in [-0.4, -0.2) is 23.1 Å². The highest BCUT2D eigenvalue weighted by Gasteiger charge is 2.16. The SMILES string of the molecule is CC(C)(N)CNC(=O)c1cc(COCc2ccccc2)on1. The van der Waals surface area contributed by atoms with Crippen LogP contribution < -0.4 is 11.1 Å². The Morgan fingerprint density at radius 1 is 1.32 bits per heavy atom. The molecule has 0 radical (unpaired) electrons. The van der Waals surface area contributed by atoms with Crippen LogP contribution in [0, 0.1) is 0 Å². The summed E-state index contributed by atoms with van der Waals surface area (Å²) in [6.45, 7) is 4.76. The number of aromatic nitrogens is 1. The molecule has 1 aromatic heterocycles. The van der Waals surface area contributed by atoms with Crippen molar-refractivity contribution in [1.82, 2.24) is 10.5 Å². The van der Waals surface area contributed by atoms with E-state index in [9.17, 15) is 4.79 Å². The van der Waals surface area contributed by atoms with Gasteiger partial charge in [0.2, 0.25) is 0 Å². The molecular formula is C16H21N3O3. The Labute approximate surface area is 129 Å². The van der Waals surface area contributed by atoms with Gasteiger partial charge in [-0.3, -0.25) is 4.79 Å². The summed E-state index contributed by atoms with van der Waals surface area (Å²) < 4.78 is 10.6. The summed E-state index contributed by atoms with van der Waals surface area (Å²) in [6.07, 6.45) is 0. The van der Waals surface area contributed by atoms with Crippen molar-refractivity contribution < 1.29 is 14.1 Å². The highest BCUT2D eigenvalue weighted by Crippen LogP contribution is 2.08. The molecule has 0 spiro atoms. The van der Waals surface area contributed by atoms with Crippen LogP contribution in [0.4, 0.5) is 0 Å². The summed E-state index contributed by atoms with van der Waals surface area (Å²) in [7, 11) is 0. The first-order chi connectivity index (χ1) is 10.4. The molecule has 0 aliphatic carbocycles. The van der Waals surface area contributed by atoms with E-state index < -0.39 is 5.54 Å². The fraction of sp³-hybridized carbons (Fsp3) is 0.375. The Bertz CT molecular complexity index is 603. The second-order valence-corrected chi connectivity index (χ2v) is 5.83. The molecular weight excluding hydrogens is 282 g/mol. The zero-order valence-corrected chi connectivity index (χ0v) is 12.8. The zero-order chi connectivity index (χ0) is 16.0. The molecule has 0 unspecified atom stereocenters. The van der Waals surface area contributed by atoms with Gasteiger partial charge in [-0.15, -0.1) is 0 Å². The van der Waals surface area contributed by atoms with Crippen molar-refractivity contribution in [2.24, 2.45) is 5.73 Å². The molecule has 118 valence electrons. The molecule has 1 aromatic carbocycles. The van der Waals surface area contributed by atoms with E-state index in [1.165, 1.54) is 0 Å². The maximum atomic E-state index is 11.9. The van der Waals surface area contributed by atoms with Gasteiger partial charge in [-0.25, -0.2) is 0 Å². The highest BCUT2D eigenvalue weighted by molar-refractivity contribution is 5.92. The summed E-state index contributed by atoms with van der Waals surface area (Å²) in [5.41, 5.74) is 6.64. The molecule has 3 N–H and O–H groups in total. The number of carbonyl (C=O) groups excluding carboxylic acids is 1. The minimum absolute atomic E-state index is 0.225. The molecule has 6 nitrogen and oxygen atoms in total. The number of hydrogen-bond acceptors (Lipinski definition) is 5. The molecule has 0 atom stereocenters. The van der Waals surface area contributed by atoms with Crippen LogP contribution in [-0.2, 0) is 18.0 Å². The Morgan fingerprint density at radius 2 is 2.05 bits per heavy atom. The normalized spacial score (nSPS) is 11.4. The molecule has 0 saturated heterocycles. The lowest BCUT2D eigenvalue weighted by Gasteiger charge is -2.18. The maximum absolute atomic E-state index is 11.9. The molecule has 2 aromatic rings. The number of rotatable bonds is 7. The summed E-state index contributed by atoms with van der Waals surface area (Å²) in [6, 6.07) is 11.4. The van der Waals surface area contributed by atoms with Gasteiger partial charge in [0.25, 0.3) is 5.91 Å². The lowest BCUT2D eigenvalue weighted by Crippen LogP contribution is -2.45. The molecule has 1 heterocycles. The predicted molar refractivity (Wildman–Crippen MR) is 82.0 cm³/mol. The number of benzene rings is 1. The van der Waals surface area contributed by atoms with Crippen molar-refractivity contribution in [3.05, 3.63) is 53.4 Å².